The number of aromatic nitrogens is 2. The first-order chi connectivity index (χ1) is 14.1. The highest BCUT2D eigenvalue weighted by Crippen LogP contribution is 2.32. The Morgan fingerprint density at radius 3 is 2.50 bits per heavy atom. The molecule has 0 aliphatic carbocycles. The van der Waals surface area contributed by atoms with Crippen LogP contribution in [0.25, 0.3) is 16.9 Å². The summed E-state index contributed by atoms with van der Waals surface area (Å²) in [6, 6.07) is 14.0. The van der Waals surface area contributed by atoms with E-state index in [1.807, 2.05) is 29.7 Å². The van der Waals surface area contributed by atoms with Gasteiger partial charge in [0.2, 0.25) is 0 Å². The number of alkyl halides is 3. The van der Waals surface area contributed by atoms with Gasteiger partial charge in [-0.15, -0.1) is 0 Å². The van der Waals surface area contributed by atoms with Gasteiger partial charge in [-0.1, -0.05) is 30.3 Å². The van der Waals surface area contributed by atoms with Crippen LogP contribution in [-0.2, 0) is 16.2 Å². The van der Waals surface area contributed by atoms with Crippen LogP contribution in [-0.4, -0.2) is 17.8 Å². The second kappa shape index (κ2) is 7.17. The van der Waals surface area contributed by atoms with Gasteiger partial charge < -0.3 is 4.40 Å². The fourth-order valence-corrected chi connectivity index (χ4v) is 4.25. The van der Waals surface area contributed by atoms with Gasteiger partial charge in [-0.05, 0) is 42.8 Å². The van der Waals surface area contributed by atoms with Crippen LogP contribution in [0.15, 0.2) is 78.0 Å². The zero-order chi connectivity index (χ0) is 21.5. The van der Waals surface area contributed by atoms with Gasteiger partial charge in [0.15, 0.2) is 0 Å². The van der Waals surface area contributed by atoms with Crippen molar-refractivity contribution in [3.8, 4) is 11.3 Å². The van der Waals surface area contributed by atoms with Gasteiger partial charge in [0.1, 0.15) is 5.65 Å². The van der Waals surface area contributed by atoms with Crippen LogP contribution >= 0.6 is 0 Å². The lowest BCUT2D eigenvalue weighted by Gasteiger charge is -2.13. The first-order valence-corrected chi connectivity index (χ1v) is 10.4. The van der Waals surface area contributed by atoms with Gasteiger partial charge in [0, 0.05) is 18.0 Å². The first kappa shape index (κ1) is 20.0. The van der Waals surface area contributed by atoms with E-state index in [4.69, 9.17) is 0 Å². The Hall–Kier alpha value is -3.33. The molecule has 0 unspecified atom stereocenters. The van der Waals surface area contributed by atoms with Crippen LogP contribution in [0.5, 0.6) is 0 Å². The van der Waals surface area contributed by atoms with E-state index in [1.54, 1.807) is 24.4 Å². The summed E-state index contributed by atoms with van der Waals surface area (Å²) in [5, 5.41) is 0. The number of imidazole rings is 1. The number of halogens is 3. The molecule has 0 spiro atoms. The molecule has 0 radical (unpaired) electrons. The van der Waals surface area contributed by atoms with E-state index in [-0.39, 0.29) is 5.69 Å². The number of rotatable bonds is 4. The lowest BCUT2D eigenvalue weighted by molar-refractivity contribution is -0.137. The molecule has 2 aromatic carbocycles. The van der Waals surface area contributed by atoms with Gasteiger partial charge in [0.25, 0.3) is 10.0 Å². The van der Waals surface area contributed by atoms with Crippen molar-refractivity contribution >= 4 is 21.4 Å². The Morgan fingerprint density at radius 1 is 1.00 bits per heavy atom. The smallest absolute Gasteiger partial charge is 0.306 e. The molecule has 30 heavy (non-hydrogen) atoms. The maximum atomic E-state index is 13.0. The fourth-order valence-electron chi connectivity index (χ4n) is 3.12. The minimum absolute atomic E-state index is 0.218. The molecule has 154 valence electrons. The van der Waals surface area contributed by atoms with E-state index in [0.29, 0.717) is 17.3 Å². The Morgan fingerprint density at radius 2 is 1.77 bits per heavy atom. The van der Waals surface area contributed by atoms with Crippen molar-refractivity contribution in [1.29, 1.82) is 0 Å². The van der Waals surface area contributed by atoms with E-state index in [1.165, 1.54) is 6.07 Å². The van der Waals surface area contributed by atoms with E-state index in [0.717, 1.165) is 29.4 Å². The van der Waals surface area contributed by atoms with Crippen molar-refractivity contribution in [2.45, 2.75) is 18.0 Å². The number of hydrogen-bond acceptors (Lipinski definition) is 3. The van der Waals surface area contributed by atoms with Gasteiger partial charge >= 0.3 is 6.18 Å². The summed E-state index contributed by atoms with van der Waals surface area (Å²) in [6.45, 7) is 1.91. The number of para-hydroxylation sites is 1. The van der Waals surface area contributed by atoms with Crippen LogP contribution in [0.2, 0.25) is 0 Å². The topological polar surface area (TPSA) is 63.5 Å². The molecular formula is C21H16F3N3O2S. The zero-order valence-electron chi connectivity index (χ0n) is 15.7. The third-order valence-corrected chi connectivity index (χ3v) is 5.96. The Labute approximate surface area is 170 Å². The quantitative estimate of drug-likeness (QED) is 0.487. The second-order valence-corrected chi connectivity index (χ2v) is 8.41. The van der Waals surface area contributed by atoms with E-state index < -0.39 is 26.7 Å². The number of fused-ring (bicyclic) bond motifs is 1. The van der Waals surface area contributed by atoms with Gasteiger partial charge in [-0.2, -0.15) is 13.2 Å². The van der Waals surface area contributed by atoms with Crippen molar-refractivity contribution in [2.24, 2.45) is 0 Å². The van der Waals surface area contributed by atoms with Crippen molar-refractivity contribution in [1.82, 2.24) is 9.38 Å². The summed E-state index contributed by atoms with van der Waals surface area (Å²) < 4.78 is 68.7. The summed E-state index contributed by atoms with van der Waals surface area (Å²) in [7, 11) is -4.25. The van der Waals surface area contributed by atoms with Crippen molar-refractivity contribution in [2.75, 3.05) is 4.72 Å². The second-order valence-electron chi connectivity index (χ2n) is 6.72. The predicted octanol–water partition coefficient (Wildman–Crippen LogP) is 5.13. The van der Waals surface area contributed by atoms with E-state index in [9.17, 15) is 21.6 Å². The monoisotopic (exact) mass is 431 g/mol. The third kappa shape index (κ3) is 3.76. The van der Waals surface area contributed by atoms with Gasteiger partial charge in [0.05, 0.1) is 21.8 Å². The van der Waals surface area contributed by atoms with Crippen LogP contribution in [0.1, 0.15) is 11.1 Å². The number of anilines is 1. The highest BCUT2D eigenvalue weighted by Gasteiger charge is 2.31. The molecular weight excluding hydrogens is 415 g/mol. The highest BCUT2D eigenvalue weighted by atomic mass is 32.2. The third-order valence-electron chi connectivity index (χ3n) is 4.60. The van der Waals surface area contributed by atoms with Gasteiger partial charge in [-0.3, -0.25) is 4.72 Å². The maximum absolute atomic E-state index is 13.0. The first-order valence-electron chi connectivity index (χ1n) is 8.89. The standard InChI is InChI=1S/C21H16F3N3O2S/c1-14-6-5-11-27-13-19(25-20(14)27)17-9-2-3-10-18(17)26-30(28,29)16-8-4-7-15(12-16)21(22,23)24/h2-13,26H,1H3. The number of sulfonamides is 1. The maximum Gasteiger partial charge on any atom is 0.416 e. The van der Waals surface area contributed by atoms with E-state index >= 15 is 0 Å². The van der Waals surface area contributed by atoms with Gasteiger partial charge in [-0.25, -0.2) is 13.4 Å². The number of pyridine rings is 1. The summed E-state index contributed by atoms with van der Waals surface area (Å²) in [6.07, 6.45) is -1.05. The number of nitrogens with zero attached hydrogens (tertiary/aromatic N) is 2. The van der Waals surface area contributed by atoms with Crippen LogP contribution in [0, 0.1) is 6.92 Å². The summed E-state index contributed by atoms with van der Waals surface area (Å²) in [4.78, 5) is 4.10. The largest absolute Gasteiger partial charge is 0.416 e. The SMILES string of the molecule is Cc1cccn2cc(-c3ccccc3NS(=O)(=O)c3cccc(C(F)(F)F)c3)nc12. The van der Waals surface area contributed by atoms with Crippen molar-refractivity contribution in [3.05, 3.63) is 84.2 Å². The van der Waals surface area contributed by atoms with Crippen LogP contribution in [0.4, 0.5) is 18.9 Å². The molecule has 0 saturated heterocycles. The minimum atomic E-state index is -4.64. The molecule has 1 N–H and O–H groups in total. The minimum Gasteiger partial charge on any atom is -0.306 e. The predicted molar refractivity (Wildman–Crippen MR) is 108 cm³/mol. The summed E-state index contributed by atoms with van der Waals surface area (Å²) in [5.74, 6) is 0. The summed E-state index contributed by atoms with van der Waals surface area (Å²) in [5.41, 5.74) is 1.90. The molecule has 2 heterocycles. The molecule has 0 aliphatic rings. The number of hydrogen-bond donors (Lipinski definition) is 1. The lowest BCUT2D eigenvalue weighted by atomic mass is 10.1. The average molecular weight is 431 g/mol. The molecule has 0 aliphatic heterocycles. The molecule has 4 aromatic rings. The normalized spacial score (nSPS) is 12.3. The highest BCUT2D eigenvalue weighted by molar-refractivity contribution is 7.92. The molecule has 0 atom stereocenters. The fraction of sp³-hybridized carbons (Fsp3) is 0.0952. The lowest BCUT2D eigenvalue weighted by Crippen LogP contribution is -2.15. The molecule has 0 amide bonds. The van der Waals surface area contributed by atoms with Crippen LogP contribution in [0.3, 0.4) is 0 Å². The number of nitrogens with one attached hydrogen (secondary N) is 1. The molecule has 0 fully saturated rings. The zero-order valence-corrected chi connectivity index (χ0v) is 16.5. The molecule has 0 bridgehead atoms. The Kier molecular flexibility index (Phi) is 4.77. The van der Waals surface area contributed by atoms with Crippen LogP contribution < -0.4 is 4.72 Å². The molecule has 2 aromatic heterocycles. The number of benzene rings is 2. The molecule has 9 heteroatoms. The molecule has 4 rings (SSSR count). The van der Waals surface area contributed by atoms with E-state index in [2.05, 4.69) is 9.71 Å². The van der Waals surface area contributed by atoms with Crippen molar-refractivity contribution in [3.63, 3.8) is 0 Å². The molecule has 5 nitrogen and oxygen atoms in total. The Bertz CT molecular complexity index is 1350. The average Bonchev–Trinajstić information content (AvgIpc) is 3.13. The number of aryl methyl sites for hydroxylation is 1. The van der Waals surface area contributed by atoms with Crippen molar-refractivity contribution < 1.29 is 21.6 Å². The molecule has 0 saturated carbocycles. The summed E-state index contributed by atoms with van der Waals surface area (Å²) >= 11 is 0. The Balaban J connectivity index is 1.75.